The lowest BCUT2D eigenvalue weighted by Crippen LogP contribution is -2.38. The zero-order valence-electron chi connectivity index (χ0n) is 16.9. The summed E-state index contributed by atoms with van der Waals surface area (Å²) in [6.45, 7) is 8.44. The van der Waals surface area contributed by atoms with E-state index in [1.807, 2.05) is 64.1 Å². The van der Waals surface area contributed by atoms with Crippen molar-refractivity contribution in [2.24, 2.45) is 0 Å². The highest BCUT2D eigenvalue weighted by atomic mass is 16.5. The third-order valence-electron chi connectivity index (χ3n) is 3.90. The van der Waals surface area contributed by atoms with Crippen LogP contribution in [0.25, 0.3) is 0 Å². The maximum atomic E-state index is 11.8. The molecular formula is C22H28N2O4. The highest BCUT2D eigenvalue weighted by molar-refractivity contribution is 5.78. The molecule has 0 atom stereocenters. The van der Waals surface area contributed by atoms with E-state index in [0.29, 0.717) is 24.6 Å². The van der Waals surface area contributed by atoms with Gasteiger partial charge in [0.1, 0.15) is 11.5 Å². The Hall–Kier alpha value is -3.02. The lowest BCUT2D eigenvalue weighted by molar-refractivity contribution is -0.124. The summed E-state index contributed by atoms with van der Waals surface area (Å²) < 4.78 is 11.0. The molecule has 0 bridgehead atoms. The second-order valence-electron chi connectivity index (χ2n) is 6.92. The summed E-state index contributed by atoms with van der Waals surface area (Å²) in [5.41, 5.74) is 4.34. The first-order valence-electron chi connectivity index (χ1n) is 9.27. The van der Waals surface area contributed by atoms with Crippen LogP contribution in [0.1, 0.15) is 22.3 Å². The second-order valence-corrected chi connectivity index (χ2v) is 6.92. The van der Waals surface area contributed by atoms with E-state index < -0.39 is 0 Å². The molecule has 2 aromatic rings. The number of carbonyl (C=O) groups is 2. The van der Waals surface area contributed by atoms with Gasteiger partial charge in [0.25, 0.3) is 11.8 Å². The molecular weight excluding hydrogens is 356 g/mol. The van der Waals surface area contributed by atoms with Crippen molar-refractivity contribution in [2.75, 3.05) is 26.3 Å². The summed E-state index contributed by atoms with van der Waals surface area (Å²) in [6.07, 6.45) is 0. The standard InChI is InChI=1S/C22H28N2O4/c1-15-7-16(2)10-19(9-15)27-13-21(25)23-5-6-24-22(26)14-28-20-11-17(3)8-18(4)12-20/h7-12H,5-6,13-14H2,1-4H3,(H,23,25)(H,24,26). The molecule has 2 rings (SSSR count). The van der Waals surface area contributed by atoms with E-state index in [9.17, 15) is 9.59 Å². The topological polar surface area (TPSA) is 76.7 Å². The lowest BCUT2D eigenvalue weighted by Gasteiger charge is -2.10. The van der Waals surface area contributed by atoms with Crippen LogP contribution < -0.4 is 20.1 Å². The smallest absolute Gasteiger partial charge is 0.258 e. The number of nitrogens with one attached hydrogen (secondary N) is 2. The van der Waals surface area contributed by atoms with E-state index in [4.69, 9.17) is 9.47 Å². The van der Waals surface area contributed by atoms with Crippen LogP contribution in [0.5, 0.6) is 11.5 Å². The number of benzene rings is 2. The average molecular weight is 384 g/mol. The van der Waals surface area contributed by atoms with Crippen molar-refractivity contribution >= 4 is 11.8 Å². The predicted octanol–water partition coefficient (Wildman–Crippen LogP) is 2.61. The van der Waals surface area contributed by atoms with Crippen LogP contribution in [0.4, 0.5) is 0 Å². The van der Waals surface area contributed by atoms with Crippen LogP contribution in [0.15, 0.2) is 36.4 Å². The van der Waals surface area contributed by atoms with Gasteiger partial charge in [-0.3, -0.25) is 9.59 Å². The van der Waals surface area contributed by atoms with Crippen LogP contribution in [0.2, 0.25) is 0 Å². The van der Waals surface area contributed by atoms with Crippen LogP contribution in [0.3, 0.4) is 0 Å². The minimum absolute atomic E-state index is 0.0628. The third-order valence-corrected chi connectivity index (χ3v) is 3.90. The number of aryl methyl sites for hydroxylation is 4. The molecule has 0 saturated heterocycles. The molecule has 150 valence electrons. The van der Waals surface area contributed by atoms with Crippen molar-refractivity contribution in [1.29, 1.82) is 0 Å². The summed E-state index contributed by atoms with van der Waals surface area (Å²) >= 11 is 0. The molecule has 0 unspecified atom stereocenters. The first-order chi connectivity index (χ1) is 13.3. The van der Waals surface area contributed by atoms with Crippen LogP contribution >= 0.6 is 0 Å². The van der Waals surface area contributed by atoms with Crippen LogP contribution in [-0.2, 0) is 9.59 Å². The molecule has 2 amide bonds. The fourth-order valence-electron chi connectivity index (χ4n) is 2.84. The van der Waals surface area contributed by atoms with Crippen molar-refractivity contribution in [3.8, 4) is 11.5 Å². The quantitative estimate of drug-likeness (QED) is 0.652. The summed E-state index contributed by atoms with van der Waals surface area (Å²) in [5, 5.41) is 5.41. The van der Waals surface area contributed by atoms with Crippen LogP contribution in [-0.4, -0.2) is 38.1 Å². The Bertz CT molecular complexity index is 723. The number of amides is 2. The lowest BCUT2D eigenvalue weighted by atomic mass is 10.1. The van der Waals surface area contributed by atoms with E-state index in [2.05, 4.69) is 10.6 Å². The van der Waals surface area contributed by atoms with Crippen molar-refractivity contribution in [2.45, 2.75) is 27.7 Å². The molecule has 0 aliphatic heterocycles. The number of hydrogen-bond donors (Lipinski definition) is 2. The van der Waals surface area contributed by atoms with Crippen molar-refractivity contribution in [3.05, 3.63) is 58.7 Å². The van der Waals surface area contributed by atoms with Gasteiger partial charge in [-0.1, -0.05) is 12.1 Å². The molecule has 6 nitrogen and oxygen atoms in total. The Balaban J connectivity index is 1.61. The molecule has 0 aliphatic rings. The minimum Gasteiger partial charge on any atom is -0.484 e. The number of hydrogen-bond acceptors (Lipinski definition) is 4. The largest absolute Gasteiger partial charge is 0.484 e. The van der Waals surface area contributed by atoms with Gasteiger partial charge in [0.15, 0.2) is 13.2 Å². The summed E-state index contributed by atoms with van der Waals surface area (Å²) in [4.78, 5) is 23.7. The monoisotopic (exact) mass is 384 g/mol. The molecule has 0 heterocycles. The van der Waals surface area contributed by atoms with E-state index in [1.165, 1.54) is 0 Å². The SMILES string of the molecule is Cc1cc(C)cc(OCC(=O)NCCNC(=O)COc2cc(C)cc(C)c2)c1. The maximum Gasteiger partial charge on any atom is 0.258 e. The molecule has 0 radical (unpaired) electrons. The normalized spacial score (nSPS) is 10.3. The predicted molar refractivity (Wildman–Crippen MR) is 109 cm³/mol. The van der Waals surface area contributed by atoms with E-state index in [1.54, 1.807) is 0 Å². The van der Waals surface area contributed by atoms with Gasteiger partial charge in [-0.25, -0.2) is 0 Å². The first kappa shape index (κ1) is 21.3. The number of carbonyl (C=O) groups excluding carboxylic acids is 2. The molecule has 0 spiro atoms. The Kier molecular flexibility index (Phi) is 7.87. The Morgan fingerprint density at radius 3 is 1.29 bits per heavy atom. The summed E-state index contributed by atoms with van der Waals surface area (Å²) in [5.74, 6) is 0.869. The molecule has 0 saturated carbocycles. The number of ether oxygens (including phenoxy) is 2. The fraction of sp³-hybridized carbons (Fsp3) is 0.364. The van der Waals surface area contributed by atoms with E-state index >= 15 is 0 Å². The molecule has 0 aliphatic carbocycles. The van der Waals surface area contributed by atoms with Crippen LogP contribution in [0, 0.1) is 27.7 Å². The summed E-state index contributed by atoms with van der Waals surface area (Å²) in [7, 11) is 0. The Labute approximate surface area is 166 Å². The van der Waals surface area contributed by atoms with Crippen molar-refractivity contribution in [1.82, 2.24) is 10.6 Å². The molecule has 28 heavy (non-hydrogen) atoms. The van der Waals surface area contributed by atoms with E-state index in [0.717, 1.165) is 22.3 Å². The zero-order valence-corrected chi connectivity index (χ0v) is 16.9. The highest BCUT2D eigenvalue weighted by Gasteiger charge is 2.06. The first-order valence-corrected chi connectivity index (χ1v) is 9.27. The minimum atomic E-state index is -0.236. The highest BCUT2D eigenvalue weighted by Crippen LogP contribution is 2.16. The van der Waals surface area contributed by atoms with Gasteiger partial charge in [0.2, 0.25) is 0 Å². The van der Waals surface area contributed by atoms with Gasteiger partial charge >= 0.3 is 0 Å². The molecule has 2 N–H and O–H groups in total. The zero-order chi connectivity index (χ0) is 20.5. The van der Waals surface area contributed by atoms with Gasteiger partial charge in [-0.2, -0.15) is 0 Å². The number of rotatable bonds is 9. The fourth-order valence-corrected chi connectivity index (χ4v) is 2.84. The summed E-state index contributed by atoms with van der Waals surface area (Å²) in [6, 6.07) is 11.6. The van der Waals surface area contributed by atoms with E-state index in [-0.39, 0.29) is 25.0 Å². The molecule has 2 aromatic carbocycles. The van der Waals surface area contributed by atoms with Gasteiger partial charge in [0, 0.05) is 13.1 Å². The van der Waals surface area contributed by atoms with Crippen molar-refractivity contribution < 1.29 is 19.1 Å². The van der Waals surface area contributed by atoms with Gasteiger partial charge in [-0.05, 0) is 74.2 Å². The second kappa shape index (κ2) is 10.3. The average Bonchev–Trinajstić information content (AvgIpc) is 2.60. The Morgan fingerprint density at radius 1 is 0.643 bits per heavy atom. The molecule has 0 fully saturated rings. The maximum absolute atomic E-state index is 11.8. The van der Waals surface area contributed by atoms with Gasteiger partial charge < -0.3 is 20.1 Å². The van der Waals surface area contributed by atoms with Crippen molar-refractivity contribution in [3.63, 3.8) is 0 Å². The molecule has 0 aromatic heterocycles. The Morgan fingerprint density at radius 2 is 0.964 bits per heavy atom. The third kappa shape index (κ3) is 7.70. The van der Waals surface area contributed by atoms with Gasteiger partial charge in [0.05, 0.1) is 0 Å². The van der Waals surface area contributed by atoms with Gasteiger partial charge in [-0.15, -0.1) is 0 Å². The molecule has 6 heteroatoms.